The van der Waals surface area contributed by atoms with Crippen LogP contribution in [0.4, 0.5) is 5.69 Å². The number of hydrogen-bond acceptors (Lipinski definition) is 3. The van der Waals surface area contributed by atoms with E-state index >= 15 is 0 Å². The predicted molar refractivity (Wildman–Crippen MR) is 138 cm³/mol. The van der Waals surface area contributed by atoms with Crippen LogP contribution >= 0.6 is 23.2 Å². The molecular weight excluding hydrogens is 467 g/mol. The lowest BCUT2D eigenvalue weighted by atomic mass is 10.0. The molecule has 0 aromatic heterocycles. The van der Waals surface area contributed by atoms with Crippen molar-refractivity contribution in [2.24, 2.45) is 0 Å². The SMILES string of the molecule is Cc1c(Cl)cccc1NC(=O)/C(C#N)=C/c1c(OCc2ccccc2Cl)ccc2ccccc12. The first-order chi connectivity index (χ1) is 16.5. The Morgan fingerprint density at radius 2 is 1.71 bits per heavy atom. The van der Waals surface area contributed by atoms with Gasteiger partial charge in [-0.15, -0.1) is 0 Å². The van der Waals surface area contributed by atoms with Crippen LogP contribution < -0.4 is 10.1 Å². The van der Waals surface area contributed by atoms with E-state index in [0.29, 0.717) is 27.0 Å². The standard InChI is InChI=1S/C28H20Cl2N2O2/c1-18-24(29)11-6-12-26(18)32-28(33)21(16-31)15-23-22-9-4-2-7-19(22)13-14-27(23)34-17-20-8-3-5-10-25(20)30/h2-15H,17H2,1H3,(H,32,33)/b21-15+. The molecule has 0 aliphatic carbocycles. The minimum absolute atomic E-state index is 0.0571. The highest BCUT2D eigenvalue weighted by atomic mass is 35.5. The van der Waals surface area contributed by atoms with Gasteiger partial charge in [0.05, 0.1) is 0 Å². The van der Waals surface area contributed by atoms with E-state index in [0.717, 1.165) is 21.9 Å². The molecule has 4 aromatic rings. The Morgan fingerprint density at radius 1 is 0.971 bits per heavy atom. The summed E-state index contributed by atoms with van der Waals surface area (Å²) in [6.07, 6.45) is 1.56. The molecule has 4 aromatic carbocycles. The van der Waals surface area contributed by atoms with Crippen LogP contribution in [-0.4, -0.2) is 5.91 Å². The van der Waals surface area contributed by atoms with Crippen LogP contribution in [0.1, 0.15) is 16.7 Å². The molecule has 0 bridgehead atoms. The Hall–Kier alpha value is -3.78. The molecule has 0 saturated carbocycles. The summed E-state index contributed by atoms with van der Waals surface area (Å²) in [5.41, 5.74) is 2.69. The fourth-order valence-corrected chi connectivity index (χ4v) is 3.91. The third kappa shape index (κ3) is 5.07. The first-order valence-corrected chi connectivity index (χ1v) is 11.3. The minimum atomic E-state index is -0.530. The number of hydrogen-bond donors (Lipinski definition) is 1. The number of carbonyl (C=O) groups excluding carboxylic acids is 1. The second kappa shape index (κ2) is 10.4. The third-order valence-electron chi connectivity index (χ3n) is 5.44. The average molecular weight is 487 g/mol. The number of nitriles is 1. The number of ether oxygens (including phenoxy) is 1. The van der Waals surface area contributed by atoms with Crippen molar-refractivity contribution in [1.82, 2.24) is 0 Å². The molecule has 0 saturated heterocycles. The second-order valence-electron chi connectivity index (χ2n) is 7.61. The van der Waals surface area contributed by atoms with E-state index in [-0.39, 0.29) is 12.2 Å². The van der Waals surface area contributed by atoms with Crippen molar-refractivity contribution in [3.05, 3.63) is 111 Å². The van der Waals surface area contributed by atoms with Gasteiger partial charge in [0, 0.05) is 26.9 Å². The summed E-state index contributed by atoms with van der Waals surface area (Å²) in [7, 11) is 0. The molecule has 34 heavy (non-hydrogen) atoms. The molecule has 4 nitrogen and oxygen atoms in total. The summed E-state index contributed by atoms with van der Waals surface area (Å²) in [6.45, 7) is 2.05. The molecule has 1 N–H and O–H groups in total. The summed E-state index contributed by atoms with van der Waals surface area (Å²) >= 11 is 12.4. The van der Waals surface area contributed by atoms with Crippen LogP contribution in [-0.2, 0) is 11.4 Å². The van der Waals surface area contributed by atoms with Gasteiger partial charge in [-0.05, 0) is 53.6 Å². The molecule has 6 heteroatoms. The fraction of sp³-hybridized carbons (Fsp3) is 0.0714. The molecule has 0 radical (unpaired) electrons. The van der Waals surface area contributed by atoms with Gasteiger partial charge in [-0.1, -0.05) is 77.8 Å². The van der Waals surface area contributed by atoms with Crippen molar-refractivity contribution in [3.8, 4) is 11.8 Å². The molecule has 0 unspecified atom stereocenters. The van der Waals surface area contributed by atoms with Crippen LogP contribution in [0, 0.1) is 18.3 Å². The molecule has 0 aliphatic rings. The van der Waals surface area contributed by atoms with Crippen molar-refractivity contribution in [2.75, 3.05) is 5.32 Å². The number of amides is 1. The van der Waals surface area contributed by atoms with Crippen LogP contribution in [0.15, 0.2) is 84.4 Å². The average Bonchev–Trinajstić information content (AvgIpc) is 2.85. The normalized spacial score (nSPS) is 11.2. The highest BCUT2D eigenvalue weighted by molar-refractivity contribution is 6.32. The van der Waals surface area contributed by atoms with Crippen molar-refractivity contribution < 1.29 is 9.53 Å². The Labute approximate surface area is 208 Å². The third-order valence-corrected chi connectivity index (χ3v) is 6.22. The Bertz CT molecular complexity index is 1450. The van der Waals surface area contributed by atoms with E-state index in [9.17, 15) is 10.1 Å². The van der Waals surface area contributed by atoms with Crippen molar-refractivity contribution in [3.63, 3.8) is 0 Å². The largest absolute Gasteiger partial charge is 0.488 e. The highest BCUT2D eigenvalue weighted by Crippen LogP contribution is 2.32. The zero-order chi connectivity index (χ0) is 24.1. The zero-order valence-electron chi connectivity index (χ0n) is 18.3. The van der Waals surface area contributed by atoms with Gasteiger partial charge in [-0.25, -0.2) is 0 Å². The van der Waals surface area contributed by atoms with Crippen LogP contribution in [0.5, 0.6) is 5.75 Å². The smallest absolute Gasteiger partial charge is 0.266 e. The van der Waals surface area contributed by atoms with E-state index in [1.54, 1.807) is 37.3 Å². The van der Waals surface area contributed by atoms with E-state index in [2.05, 4.69) is 5.32 Å². The number of benzene rings is 4. The Morgan fingerprint density at radius 3 is 2.50 bits per heavy atom. The van der Waals surface area contributed by atoms with Gasteiger partial charge in [-0.2, -0.15) is 5.26 Å². The number of nitrogens with zero attached hydrogens (tertiary/aromatic N) is 1. The maximum Gasteiger partial charge on any atom is 0.266 e. The van der Waals surface area contributed by atoms with Crippen molar-refractivity contribution in [2.45, 2.75) is 13.5 Å². The van der Waals surface area contributed by atoms with Gasteiger partial charge in [0.25, 0.3) is 5.91 Å². The lowest BCUT2D eigenvalue weighted by Gasteiger charge is -2.14. The fourth-order valence-electron chi connectivity index (χ4n) is 3.55. The topological polar surface area (TPSA) is 62.1 Å². The molecule has 1 amide bonds. The maximum absolute atomic E-state index is 13.0. The van der Waals surface area contributed by atoms with Crippen LogP contribution in [0.3, 0.4) is 0 Å². The molecular formula is C28H20Cl2N2O2. The molecule has 0 atom stereocenters. The minimum Gasteiger partial charge on any atom is -0.488 e. The van der Waals surface area contributed by atoms with E-state index in [1.165, 1.54) is 0 Å². The molecule has 0 fully saturated rings. The van der Waals surface area contributed by atoms with Crippen LogP contribution in [0.25, 0.3) is 16.8 Å². The monoisotopic (exact) mass is 486 g/mol. The first-order valence-electron chi connectivity index (χ1n) is 10.5. The number of carbonyl (C=O) groups is 1. The number of halogens is 2. The van der Waals surface area contributed by atoms with E-state index in [1.807, 2.05) is 60.7 Å². The van der Waals surface area contributed by atoms with E-state index < -0.39 is 5.91 Å². The Kier molecular flexibility index (Phi) is 7.18. The van der Waals surface area contributed by atoms with Gasteiger partial charge in [0.15, 0.2) is 0 Å². The van der Waals surface area contributed by atoms with E-state index in [4.69, 9.17) is 27.9 Å². The first kappa shape index (κ1) is 23.4. The molecule has 168 valence electrons. The second-order valence-corrected chi connectivity index (χ2v) is 8.43. The molecule has 0 spiro atoms. The lowest BCUT2D eigenvalue weighted by Crippen LogP contribution is -2.14. The molecule has 0 heterocycles. The predicted octanol–water partition coefficient (Wildman–Crippen LogP) is 7.58. The zero-order valence-corrected chi connectivity index (χ0v) is 19.8. The number of fused-ring (bicyclic) bond motifs is 1. The van der Waals surface area contributed by atoms with Gasteiger partial charge >= 0.3 is 0 Å². The van der Waals surface area contributed by atoms with Gasteiger partial charge in [0.2, 0.25) is 0 Å². The number of anilines is 1. The number of nitrogens with one attached hydrogen (secondary N) is 1. The van der Waals surface area contributed by atoms with Crippen molar-refractivity contribution >= 4 is 51.6 Å². The lowest BCUT2D eigenvalue weighted by molar-refractivity contribution is -0.112. The molecule has 4 rings (SSSR count). The summed E-state index contributed by atoms with van der Waals surface area (Å²) in [5, 5.41) is 15.5. The summed E-state index contributed by atoms with van der Waals surface area (Å²) in [5.74, 6) is 0.0101. The van der Waals surface area contributed by atoms with Gasteiger partial charge in [0.1, 0.15) is 24.0 Å². The quantitative estimate of drug-likeness (QED) is 0.225. The summed E-state index contributed by atoms with van der Waals surface area (Å²) in [6, 6.07) is 26.2. The maximum atomic E-state index is 13.0. The number of rotatable bonds is 6. The van der Waals surface area contributed by atoms with Gasteiger partial charge < -0.3 is 10.1 Å². The Balaban J connectivity index is 1.72. The van der Waals surface area contributed by atoms with Gasteiger partial charge in [-0.3, -0.25) is 4.79 Å². The summed E-state index contributed by atoms with van der Waals surface area (Å²) in [4.78, 5) is 13.0. The highest BCUT2D eigenvalue weighted by Gasteiger charge is 2.15. The van der Waals surface area contributed by atoms with Crippen LogP contribution in [0.2, 0.25) is 10.0 Å². The van der Waals surface area contributed by atoms with Crippen molar-refractivity contribution in [1.29, 1.82) is 5.26 Å². The summed E-state index contributed by atoms with van der Waals surface area (Å²) < 4.78 is 6.10. The molecule has 0 aliphatic heterocycles.